The van der Waals surface area contributed by atoms with Crippen molar-refractivity contribution >= 4 is 29.8 Å². The van der Waals surface area contributed by atoms with Crippen LogP contribution in [0.3, 0.4) is 0 Å². The number of likely N-dealkylation sites (N-methyl/N-ethyl adjacent to an activating group) is 2. The minimum atomic E-state index is -0.990. The maximum atomic E-state index is 14.2. The van der Waals surface area contributed by atoms with Gasteiger partial charge in [0, 0.05) is 34.9 Å². The largest absolute Gasteiger partial charge is 0.481 e. The Morgan fingerprint density at radius 3 is 1.96 bits per heavy atom. The van der Waals surface area contributed by atoms with Crippen molar-refractivity contribution < 1.29 is 43.3 Å². The lowest BCUT2D eigenvalue weighted by molar-refractivity contribution is -0.152. The zero-order valence-corrected chi connectivity index (χ0v) is 31.9. The van der Waals surface area contributed by atoms with Gasteiger partial charge >= 0.3 is 12.1 Å². The number of nitrogens with one attached hydrogen (secondary N) is 1. The number of carboxylic acids is 1. The van der Waals surface area contributed by atoms with Gasteiger partial charge in [0.2, 0.25) is 17.7 Å². The van der Waals surface area contributed by atoms with Crippen molar-refractivity contribution in [1.82, 2.24) is 20.0 Å². The third-order valence-electron chi connectivity index (χ3n) is 9.46. The molecule has 1 aliphatic rings. The second-order valence-corrected chi connectivity index (χ2v) is 14.9. The van der Waals surface area contributed by atoms with Crippen LogP contribution in [0.15, 0.2) is 0 Å². The standard InChI is InChI=1S/C35H64N4O9/c1-15-22(6)29(25(46-13)19-26(40)39-18-16-17-24(39)30(47-14)23(7)33(43)44)37(11)32(42)27(20(2)3)36-31(41)28(21(4)5)38(12)34(45)48-35(8,9)10/h20-25,27-30H,15-19H2,1-14H3,(H,36,41)(H,43,44)/t22-,23?,24-,25+,27-,28-,29-,30+/m0/s1. The summed E-state index contributed by atoms with van der Waals surface area (Å²) in [5.41, 5.74) is -0.745. The number of hydrogen-bond donors (Lipinski definition) is 2. The normalized spacial score (nSPS) is 19.6. The van der Waals surface area contributed by atoms with E-state index in [2.05, 4.69) is 5.32 Å². The lowest BCUT2D eigenvalue weighted by atomic mass is 9.89. The lowest BCUT2D eigenvalue weighted by Crippen LogP contribution is -2.60. The number of hydrogen-bond acceptors (Lipinski definition) is 8. The van der Waals surface area contributed by atoms with Gasteiger partial charge in [-0.25, -0.2) is 4.79 Å². The average molecular weight is 685 g/mol. The van der Waals surface area contributed by atoms with Crippen LogP contribution in [-0.4, -0.2) is 126 Å². The molecule has 1 rings (SSSR count). The highest BCUT2D eigenvalue weighted by Crippen LogP contribution is 2.29. The molecule has 278 valence electrons. The van der Waals surface area contributed by atoms with Gasteiger partial charge in [0.05, 0.1) is 36.6 Å². The summed E-state index contributed by atoms with van der Waals surface area (Å²) in [4.78, 5) is 70.9. The fourth-order valence-corrected chi connectivity index (χ4v) is 6.64. The highest BCUT2D eigenvalue weighted by Gasteiger charge is 2.43. The zero-order valence-electron chi connectivity index (χ0n) is 31.9. The quantitative estimate of drug-likeness (QED) is 0.231. The highest BCUT2D eigenvalue weighted by molar-refractivity contribution is 5.91. The first-order valence-corrected chi connectivity index (χ1v) is 17.3. The molecule has 0 radical (unpaired) electrons. The van der Waals surface area contributed by atoms with Gasteiger partial charge in [0.1, 0.15) is 17.7 Å². The molecule has 0 aromatic heterocycles. The maximum absolute atomic E-state index is 14.2. The molecule has 13 nitrogen and oxygen atoms in total. The van der Waals surface area contributed by atoms with Gasteiger partial charge in [-0.2, -0.15) is 0 Å². The number of carbonyl (C=O) groups is 5. The Labute approximate surface area is 288 Å². The van der Waals surface area contributed by atoms with Crippen molar-refractivity contribution in [3.8, 4) is 0 Å². The lowest BCUT2D eigenvalue weighted by Gasteiger charge is -2.41. The molecule has 0 bridgehead atoms. The third-order valence-corrected chi connectivity index (χ3v) is 9.46. The molecule has 0 aliphatic carbocycles. The highest BCUT2D eigenvalue weighted by atomic mass is 16.6. The van der Waals surface area contributed by atoms with E-state index in [4.69, 9.17) is 14.2 Å². The SMILES string of the molecule is CC[C@H](C)[C@@H]([C@@H](CC(=O)N1CCC[C@H]1[C@H](OC)C(C)C(=O)O)OC)N(C)C(=O)[C@@H](NC(=O)[C@H](C(C)C)N(C)C(=O)OC(C)(C)C)C(C)C. The topological polar surface area (TPSA) is 155 Å². The second kappa shape index (κ2) is 18.7. The summed E-state index contributed by atoms with van der Waals surface area (Å²) in [7, 11) is 6.15. The number of likely N-dealkylation sites (tertiary alicyclic amines) is 1. The molecule has 0 aromatic carbocycles. The molecule has 2 N–H and O–H groups in total. The fourth-order valence-electron chi connectivity index (χ4n) is 6.64. The summed E-state index contributed by atoms with van der Waals surface area (Å²) in [5.74, 6) is -3.44. The number of aliphatic carboxylic acids is 1. The Hall–Kier alpha value is -2.93. The average Bonchev–Trinajstić information content (AvgIpc) is 3.47. The van der Waals surface area contributed by atoms with Crippen molar-refractivity contribution in [2.45, 2.75) is 137 Å². The van der Waals surface area contributed by atoms with Gasteiger partial charge in [-0.3, -0.25) is 24.1 Å². The molecule has 1 fully saturated rings. The Kier molecular flexibility index (Phi) is 16.8. The summed E-state index contributed by atoms with van der Waals surface area (Å²) in [6, 6.07) is -2.71. The van der Waals surface area contributed by atoms with E-state index < -0.39 is 59.8 Å². The molecule has 48 heavy (non-hydrogen) atoms. The predicted molar refractivity (Wildman–Crippen MR) is 183 cm³/mol. The molecular weight excluding hydrogens is 620 g/mol. The molecule has 0 saturated carbocycles. The summed E-state index contributed by atoms with van der Waals surface area (Å²) in [5, 5.41) is 12.5. The van der Waals surface area contributed by atoms with E-state index in [0.29, 0.717) is 19.4 Å². The summed E-state index contributed by atoms with van der Waals surface area (Å²) in [6.07, 6.45) is 0.0489. The summed E-state index contributed by atoms with van der Waals surface area (Å²) in [6.45, 7) is 18.6. The monoisotopic (exact) mass is 684 g/mol. The van der Waals surface area contributed by atoms with Crippen LogP contribution in [-0.2, 0) is 33.4 Å². The van der Waals surface area contributed by atoms with Gasteiger partial charge in [-0.1, -0.05) is 48.0 Å². The maximum Gasteiger partial charge on any atom is 0.410 e. The van der Waals surface area contributed by atoms with Crippen molar-refractivity contribution in [3.05, 3.63) is 0 Å². The summed E-state index contributed by atoms with van der Waals surface area (Å²) >= 11 is 0. The van der Waals surface area contributed by atoms with Crippen molar-refractivity contribution in [2.75, 3.05) is 34.9 Å². The smallest absolute Gasteiger partial charge is 0.410 e. The van der Waals surface area contributed by atoms with Crippen LogP contribution in [0.5, 0.6) is 0 Å². The van der Waals surface area contributed by atoms with Gasteiger partial charge in [-0.15, -0.1) is 0 Å². The predicted octanol–water partition coefficient (Wildman–Crippen LogP) is 4.02. The van der Waals surface area contributed by atoms with E-state index in [0.717, 1.165) is 6.42 Å². The molecule has 0 aromatic rings. The van der Waals surface area contributed by atoms with Gasteiger partial charge in [0.15, 0.2) is 0 Å². The molecule has 1 saturated heterocycles. The van der Waals surface area contributed by atoms with Gasteiger partial charge < -0.3 is 34.4 Å². The minimum absolute atomic E-state index is 0.0215. The van der Waals surface area contributed by atoms with Crippen LogP contribution in [0.4, 0.5) is 4.79 Å². The van der Waals surface area contributed by atoms with E-state index in [1.54, 1.807) is 44.5 Å². The van der Waals surface area contributed by atoms with Crippen molar-refractivity contribution in [1.29, 1.82) is 0 Å². The molecule has 13 heteroatoms. The number of methoxy groups -OCH3 is 2. The van der Waals surface area contributed by atoms with Crippen LogP contribution >= 0.6 is 0 Å². The van der Waals surface area contributed by atoms with Crippen LogP contribution in [0.25, 0.3) is 0 Å². The second-order valence-electron chi connectivity index (χ2n) is 14.9. The Morgan fingerprint density at radius 2 is 1.52 bits per heavy atom. The van der Waals surface area contributed by atoms with E-state index in [1.807, 2.05) is 41.5 Å². The fraction of sp³-hybridized carbons (Fsp3) is 0.857. The number of rotatable bonds is 17. The van der Waals surface area contributed by atoms with E-state index in [9.17, 15) is 29.1 Å². The number of carboxylic acid groups (broad SMARTS) is 1. The zero-order chi connectivity index (χ0) is 37.3. The van der Waals surface area contributed by atoms with Crippen LogP contribution in [0, 0.1) is 23.7 Å². The number of amides is 4. The van der Waals surface area contributed by atoms with Crippen molar-refractivity contribution in [2.24, 2.45) is 23.7 Å². The van der Waals surface area contributed by atoms with Gasteiger partial charge in [0.25, 0.3) is 0 Å². The molecular formula is C35H64N4O9. The van der Waals surface area contributed by atoms with Crippen LogP contribution < -0.4 is 5.32 Å². The van der Waals surface area contributed by atoms with Crippen LogP contribution in [0.2, 0.25) is 0 Å². The van der Waals surface area contributed by atoms with Crippen LogP contribution in [0.1, 0.15) is 94.9 Å². The Bertz CT molecular complexity index is 1090. The van der Waals surface area contributed by atoms with E-state index in [1.165, 1.54) is 26.2 Å². The number of nitrogens with zero attached hydrogens (tertiary/aromatic N) is 3. The Balaban J connectivity index is 3.32. The number of carbonyl (C=O) groups excluding carboxylic acids is 4. The molecule has 1 heterocycles. The molecule has 8 atom stereocenters. The Morgan fingerprint density at radius 1 is 0.938 bits per heavy atom. The van der Waals surface area contributed by atoms with Crippen molar-refractivity contribution in [3.63, 3.8) is 0 Å². The first-order valence-electron chi connectivity index (χ1n) is 17.3. The first kappa shape index (κ1) is 43.1. The minimum Gasteiger partial charge on any atom is -0.481 e. The third kappa shape index (κ3) is 11.3. The first-order chi connectivity index (χ1) is 22.1. The summed E-state index contributed by atoms with van der Waals surface area (Å²) < 4.78 is 17.0. The van der Waals surface area contributed by atoms with Gasteiger partial charge in [-0.05, 0) is 58.3 Å². The van der Waals surface area contributed by atoms with E-state index in [-0.39, 0.29) is 42.0 Å². The molecule has 0 spiro atoms. The molecule has 1 unspecified atom stereocenters. The molecule has 1 aliphatic heterocycles. The van der Waals surface area contributed by atoms with E-state index >= 15 is 0 Å². The molecule has 4 amide bonds. The number of ether oxygens (including phenoxy) is 3.